The van der Waals surface area contributed by atoms with Gasteiger partial charge in [0.25, 0.3) is 0 Å². The number of hydrogen-bond donors (Lipinski definition) is 2. The molecule has 1 saturated heterocycles. The lowest BCUT2D eigenvalue weighted by atomic mass is 9.96. The summed E-state index contributed by atoms with van der Waals surface area (Å²) in [5.74, 6) is -5.18. The predicted molar refractivity (Wildman–Crippen MR) is 86.3 cm³/mol. The zero-order chi connectivity index (χ0) is 18.8. The molecule has 8 heteroatoms. The number of rotatable bonds is 5. The number of likely N-dealkylation sites (tertiary alicyclic amines) is 1. The van der Waals surface area contributed by atoms with Gasteiger partial charge in [-0.25, -0.2) is 0 Å². The Bertz CT molecular complexity index is 646. The Morgan fingerprint density at radius 1 is 1.32 bits per heavy atom. The molecule has 0 unspecified atom stereocenters. The molecule has 1 aliphatic rings. The van der Waals surface area contributed by atoms with Gasteiger partial charge in [-0.1, -0.05) is 26.0 Å². The number of carboxylic acid groups (broad SMARTS) is 1. The summed E-state index contributed by atoms with van der Waals surface area (Å²) < 4.78 is 38.9. The fourth-order valence-corrected chi connectivity index (χ4v) is 2.98. The van der Waals surface area contributed by atoms with Gasteiger partial charge >= 0.3 is 12.1 Å². The highest BCUT2D eigenvalue weighted by Crippen LogP contribution is 2.37. The predicted octanol–water partition coefficient (Wildman–Crippen LogP) is 2.94. The smallest absolute Gasteiger partial charge is 0.393 e. The van der Waals surface area contributed by atoms with E-state index in [2.05, 4.69) is 5.32 Å². The maximum absolute atomic E-state index is 13.0. The average Bonchev–Trinajstić information content (AvgIpc) is 2.91. The monoisotopic (exact) mass is 358 g/mol. The van der Waals surface area contributed by atoms with E-state index >= 15 is 0 Å². The minimum absolute atomic E-state index is 0.276. The van der Waals surface area contributed by atoms with Crippen molar-refractivity contribution in [2.45, 2.75) is 25.9 Å². The third-order valence-corrected chi connectivity index (χ3v) is 4.34. The first-order chi connectivity index (χ1) is 11.6. The maximum Gasteiger partial charge on any atom is 0.393 e. The molecule has 0 spiro atoms. The highest BCUT2D eigenvalue weighted by atomic mass is 19.4. The molecule has 0 aliphatic carbocycles. The van der Waals surface area contributed by atoms with Crippen molar-refractivity contribution in [2.75, 3.05) is 25.0 Å². The number of benzene rings is 1. The lowest BCUT2D eigenvalue weighted by molar-refractivity contribution is -0.188. The van der Waals surface area contributed by atoms with Gasteiger partial charge in [-0.05, 0) is 23.6 Å². The van der Waals surface area contributed by atoms with Crippen molar-refractivity contribution in [3.05, 3.63) is 29.8 Å². The summed E-state index contributed by atoms with van der Waals surface area (Å²) in [6, 6.07) is 7.23. The van der Waals surface area contributed by atoms with Crippen LogP contribution in [-0.2, 0) is 9.59 Å². The van der Waals surface area contributed by atoms with Crippen LogP contribution in [0.25, 0.3) is 0 Å². The Balaban J connectivity index is 1.99. The van der Waals surface area contributed by atoms with Crippen molar-refractivity contribution in [1.29, 1.82) is 0 Å². The molecule has 2 rings (SSSR count). The molecule has 1 aliphatic heterocycles. The van der Waals surface area contributed by atoms with Gasteiger partial charge in [0.05, 0.1) is 18.4 Å². The zero-order valence-corrected chi connectivity index (χ0v) is 14.0. The van der Waals surface area contributed by atoms with E-state index in [1.165, 1.54) is 4.90 Å². The second-order valence-corrected chi connectivity index (χ2v) is 6.62. The number of anilines is 1. The average molecular weight is 358 g/mol. The highest BCUT2D eigenvalue weighted by Gasteiger charge is 2.52. The number of nitrogens with one attached hydrogen (secondary N) is 1. The topological polar surface area (TPSA) is 69.6 Å². The Labute approximate surface area is 143 Å². The summed E-state index contributed by atoms with van der Waals surface area (Å²) in [5, 5.41) is 11.6. The van der Waals surface area contributed by atoms with Gasteiger partial charge < -0.3 is 10.4 Å². The Kier molecular flexibility index (Phi) is 5.72. The molecule has 5 nitrogen and oxygen atoms in total. The van der Waals surface area contributed by atoms with Crippen molar-refractivity contribution in [3.63, 3.8) is 0 Å². The molecule has 0 saturated carbocycles. The van der Waals surface area contributed by atoms with E-state index in [1.54, 1.807) is 12.1 Å². The molecular formula is C17H21F3N2O3. The van der Waals surface area contributed by atoms with Crippen LogP contribution >= 0.6 is 0 Å². The maximum atomic E-state index is 13.0. The van der Waals surface area contributed by atoms with Crippen LogP contribution in [0.3, 0.4) is 0 Å². The number of carbonyl (C=O) groups is 2. The van der Waals surface area contributed by atoms with Crippen LogP contribution in [0.4, 0.5) is 18.9 Å². The van der Waals surface area contributed by atoms with Crippen LogP contribution in [0.15, 0.2) is 24.3 Å². The first-order valence-electron chi connectivity index (χ1n) is 7.99. The number of carboxylic acids is 1. The molecule has 1 aromatic rings. The van der Waals surface area contributed by atoms with E-state index in [9.17, 15) is 22.8 Å². The van der Waals surface area contributed by atoms with Gasteiger partial charge in [0.1, 0.15) is 0 Å². The number of nitrogens with zero attached hydrogens (tertiary/aromatic N) is 1. The summed E-state index contributed by atoms with van der Waals surface area (Å²) in [6.07, 6.45) is -4.60. The summed E-state index contributed by atoms with van der Waals surface area (Å²) >= 11 is 0. The summed E-state index contributed by atoms with van der Waals surface area (Å²) in [4.78, 5) is 24.4. The van der Waals surface area contributed by atoms with Crippen LogP contribution < -0.4 is 5.32 Å². The van der Waals surface area contributed by atoms with Crippen LogP contribution in [-0.4, -0.2) is 47.7 Å². The summed E-state index contributed by atoms with van der Waals surface area (Å²) in [7, 11) is 0. The molecule has 1 heterocycles. The van der Waals surface area contributed by atoms with Crippen molar-refractivity contribution < 1.29 is 27.9 Å². The first-order valence-corrected chi connectivity index (χ1v) is 7.99. The standard InChI is InChI=1S/C17H21F3N2O3/c1-10(2)11-4-3-5-12(6-11)21-15(23)9-22-7-13(16(24)25)14(8-22)17(18,19)20/h3-6,10,13-14H,7-9H2,1-2H3,(H,21,23)(H,24,25)/t13-,14-/m1/s1. The van der Waals surface area contributed by atoms with Crippen LogP contribution in [0.1, 0.15) is 25.3 Å². The molecule has 1 amide bonds. The molecule has 0 radical (unpaired) electrons. The molecule has 1 aromatic carbocycles. The molecular weight excluding hydrogens is 337 g/mol. The van der Waals surface area contributed by atoms with Gasteiger partial charge in [-0.15, -0.1) is 0 Å². The number of halogens is 3. The lowest BCUT2D eigenvalue weighted by Crippen LogP contribution is -2.34. The van der Waals surface area contributed by atoms with Crippen molar-refractivity contribution in [1.82, 2.24) is 4.90 Å². The third-order valence-electron chi connectivity index (χ3n) is 4.34. The van der Waals surface area contributed by atoms with E-state index in [-0.39, 0.29) is 19.0 Å². The molecule has 0 aromatic heterocycles. The summed E-state index contributed by atoms with van der Waals surface area (Å²) in [5.41, 5.74) is 1.60. The highest BCUT2D eigenvalue weighted by molar-refractivity contribution is 5.92. The SMILES string of the molecule is CC(C)c1cccc(NC(=O)CN2C[C@@H](C(F)(F)F)[C@H](C(=O)O)C2)c1. The van der Waals surface area contributed by atoms with Crippen LogP contribution in [0.5, 0.6) is 0 Å². The van der Waals surface area contributed by atoms with E-state index < -0.39 is 36.4 Å². The largest absolute Gasteiger partial charge is 0.481 e. The minimum atomic E-state index is -4.60. The molecule has 2 atom stereocenters. The number of alkyl halides is 3. The zero-order valence-electron chi connectivity index (χ0n) is 14.0. The van der Waals surface area contributed by atoms with Gasteiger partial charge in [-0.3, -0.25) is 14.5 Å². The van der Waals surface area contributed by atoms with Gasteiger partial charge in [-0.2, -0.15) is 13.2 Å². The molecule has 1 fully saturated rings. The Morgan fingerprint density at radius 3 is 2.52 bits per heavy atom. The number of amides is 1. The van der Waals surface area contributed by atoms with E-state index in [0.29, 0.717) is 5.69 Å². The molecule has 2 N–H and O–H groups in total. The lowest BCUT2D eigenvalue weighted by Gasteiger charge is -2.18. The number of hydrogen-bond acceptors (Lipinski definition) is 3. The van der Waals surface area contributed by atoms with Crippen molar-refractivity contribution in [3.8, 4) is 0 Å². The normalized spacial score (nSPS) is 21.5. The molecule has 138 valence electrons. The van der Waals surface area contributed by atoms with E-state index in [1.807, 2.05) is 26.0 Å². The quantitative estimate of drug-likeness (QED) is 0.849. The Morgan fingerprint density at radius 2 is 2.00 bits per heavy atom. The fourth-order valence-electron chi connectivity index (χ4n) is 2.98. The van der Waals surface area contributed by atoms with Crippen LogP contribution in [0.2, 0.25) is 0 Å². The number of carbonyl (C=O) groups excluding carboxylic acids is 1. The second-order valence-electron chi connectivity index (χ2n) is 6.62. The van der Waals surface area contributed by atoms with E-state index in [4.69, 9.17) is 5.11 Å². The first kappa shape index (κ1) is 19.2. The minimum Gasteiger partial charge on any atom is -0.481 e. The van der Waals surface area contributed by atoms with Gasteiger partial charge in [0.2, 0.25) is 5.91 Å². The molecule has 25 heavy (non-hydrogen) atoms. The second kappa shape index (κ2) is 7.43. The van der Waals surface area contributed by atoms with Crippen LogP contribution in [0, 0.1) is 11.8 Å². The molecule has 0 bridgehead atoms. The van der Waals surface area contributed by atoms with Gasteiger partial charge in [0, 0.05) is 18.8 Å². The Hall–Kier alpha value is -2.09. The number of aliphatic carboxylic acids is 1. The van der Waals surface area contributed by atoms with Gasteiger partial charge in [0.15, 0.2) is 0 Å². The van der Waals surface area contributed by atoms with Crippen molar-refractivity contribution >= 4 is 17.6 Å². The summed E-state index contributed by atoms with van der Waals surface area (Å²) in [6.45, 7) is 2.96. The van der Waals surface area contributed by atoms with E-state index in [0.717, 1.165) is 5.56 Å². The van der Waals surface area contributed by atoms with Crippen molar-refractivity contribution in [2.24, 2.45) is 11.8 Å². The fraction of sp³-hybridized carbons (Fsp3) is 0.529. The third kappa shape index (κ3) is 4.94.